The molecule has 4 nitrogen and oxygen atoms in total. The lowest BCUT2D eigenvalue weighted by Gasteiger charge is -2.21. The molecule has 1 heterocycles. The van der Waals surface area contributed by atoms with E-state index in [-0.39, 0.29) is 12.5 Å². The molecule has 1 fully saturated rings. The Bertz CT molecular complexity index is 452. The molecular weight excluding hydrogens is 206 g/mol. The molecule has 0 radical (unpaired) electrons. The van der Waals surface area contributed by atoms with Crippen LogP contribution in [0.2, 0.25) is 0 Å². The van der Waals surface area contributed by atoms with Crippen LogP contribution in [0.4, 0.5) is 5.69 Å². The molecule has 4 heteroatoms. The molecule has 1 aliphatic heterocycles. The van der Waals surface area contributed by atoms with Gasteiger partial charge >= 0.3 is 0 Å². The molecule has 16 heavy (non-hydrogen) atoms. The van der Waals surface area contributed by atoms with Crippen molar-refractivity contribution < 1.29 is 14.6 Å². The summed E-state index contributed by atoms with van der Waals surface area (Å²) in [6.45, 7) is 0.0580. The molecule has 2 N–H and O–H groups in total. The maximum absolute atomic E-state index is 11.1. The highest BCUT2D eigenvalue weighted by molar-refractivity contribution is 5.95. The van der Waals surface area contributed by atoms with Crippen LogP contribution in [-0.2, 0) is 11.2 Å². The minimum absolute atomic E-state index is 0.0580. The van der Waals surface area contributed by atoms with E-state index in [0.717, 1.165) is 18.4 Å². The fraction of sp³-hybridized carbons (Fsp3) is 0.417. The summed E-state index contributed by atoms with van der Waals surface area (Å²) in [7, 11) is 0. The molecule has 3 rings (SSSR count). The van der Waals surface area contributed by atoms with Crippen LogP contribution in [0.15, 0.2) is 18.2 Å². The molecule has 84 valence electrons. The predicted molar refractivity (Wildman–Crippen MR) is 58.5 cm³/mol. The number of aliphatic hydroxyl groups is 1. The zero-order chi connectivity index (χ0) is 11.2. The molecule has 0 aromatic heterocycles. The number of ether oxygens (including phenoxy) is 1. The highest BCUT2D eigenvalue weighted by Gasteiger charge is 2.41. The molecule has 1 aromatic carbocycles. The van der Waals surface area contributed by atoms with Crippen molar-refractivity contribution in [2.24, 2.45) is 0 Å². The average Bonchev–Trinajstić information content (AvgIpc) is 2.96. The van der Waals surface area contributed by atoms with Gasteiger partial charge in [-0.05, 0) is 24.5 Å². The lowest BCUT2D eigenvalue weighted by Crippen LogP contribution is -2.26. The number of carbonyl (C=O) groups is 1. The number of rotatable bonds is 2. The first kappa shape index (κ1) is 9.66. The molecule has 1 saturated carbocycles. The van der Waals surface area contributed by atoms with Crippen LogP contribution in [0.1, 0.15) is 18.4 Å². The van der Waals surface area contributed by atoms with E-state index in [0.29, 0.717) is 17.9 Å². The molecular formula is C12H13NO3. The van der Waals surface area contributed by atoms with E-state index in [4.69, 9.17) is 4.74 Å². The monoisotopic (exact) mass is 219 g/mol. The number of nitrogens with one attached hydrogen (secondary N) is 1. The highest BCUT2D eigenvalue weighted by atomic mass is 16.5. The summed E-state index contributed by atoms with van der Waals surface area (Å²) in [5, 5.41) is 12.7. The third-order valence-corrected chi connectivity index (χ3v) is 3.06. The van der Waals surface area contributed by atoms with Gasteiger partial charge in [0.25, 0.3) is 5.91 Å². The quantitative estimate of drug-likeness (QED) is 0.782. The summed E-state index contributed by atoms with van der Waals surface area (Å²) in [5.41, 5.74) is 1.13. The zero-order valence-corrected chi connectivity index (χ0v) is 8.82. The molecule has 0 atom stereocenters. The maximum Gasteiger partial charge on any atom is 0.262 e. The van der Waals surface area contributed by atoms with Crippen LogP contribution in [0, 0.1) is 0 Å². The minimum Gasteiger partial charge on any atom is -0.481 e. The maximum atomic E-state index is 11.1. The first-order valence-corrected chi connectivity index (χ1v) is 5.43. The Morgan fingerprint density at radius 3 is 3.00 bits per heavy atom. The smallest absolute Gasteiger partial charge is 0.262 e. The highest BCUT2D eigenvalue weighted by Crippen LogP contribution is 2.42. The molecule has 0 unspecified atom stereocenters. The molecule has 1 aliphatic carbocycles. The Labute approximate surface area is 93.2 Å². The van der Waals surface area contributed by atoms with Crippen molar-refractivity contribution in [1.29, 1.82) is 0 Å². The number of benzene rings is 1. The molecule has 2 aliphatic rings. The summed E-state index contributed by atoms with van der Waals surface area (Å²) >= 11 is 0. The van der Waals surface area contributed by atoms with Gasteiger partial charge in [0.1, 0.15) is 5.75 Å². The number of anilines is 1. The van der Waals surface area contributed by atoms with Crippen molar-refractivity contribution in [2.45, 2.75) is 24.9 Å². The van der Waals surface area contributed by atoms with Gasteiger partial charge in [-0.1, -0.05) is 12.1 Å². The standard InChI is InChI=1S/C12H13NO3/c14-10-7-16-11-8(6-12(15)4-5-12)2-1-3-9(11)13-10/h1-3,15H,4-7H2,(H,13,14). The largest absolute Gasteiger partial charge is 0.481 e. The van der Waals surface area contributed by atoms with Gasteiger partial charge in [0.05, 0.1) is 11.3 Å². The van der Waals surface area contributed by atoms with Crippen molar-refractivity contribution in [3.8, 4) is 5.75 Å². The van der Waals surface area contributed by atoms with Crippen molar-refractivity contribution >= 4 is 11.6 Å². The first-order valence-electron chi connectivity index (χ1n) is 5.43. The summed E-state index contributed by atoms with van der Waals surface area (Å²) in [4.78, 5) is 11.1. The first-order chi connectivity index (χ1) is 7.66. The third-order valence-electron chi connectivity index (χ3n) is 3.06. The topological polar surface area (TPSA) is 58.6 Å². The second-order valence-electron chi connectivity index (χ2n) is 4.53. The Morgan fingerprint density at radius 2 is 2.25 bits per heavy atom. The van der Waals surface area contributed by atoms with Crippen LogP contribution in [0.25, 0.3) is 0 Å². The molecule has 0 saturated heterocycles. The van der Waals surface area contributed by atoms with Crippen molar-refractivity contribution in [3.63, 3.8) is 0 Å². The number of amides is 1. The van der Waals surface area contributed by atoms with E-state index in [9.17, 15) is 9.90 Å². The van der Waals surface area contributed by atoms with E-state index in [1.54, 1.807) is 0 Å². The lowest BCUT2D eigenvalue weighted by molar-refractivity contribution is -0.118. The van der Waals surface area contributed by atoms with Crippen LogP contribution in [-0.4, -0.2) is 23.2 Å². The Balaban J connectivity index is 1.93. The summed E-state index contributed by atoms with van der Waals surface area (Å²) in [6.07, 6.45) is 2.30. The fourth-order valence-electron chi connectivity index (χ4n) is 1.99. The lowest BCUT2D eigenvalue weighted by atomic mass is 10.0. The Hall–Kier alpha value is -1.55. The molecule has 0 spiro atoms. The summed E-state index contributed by atoms with van der Waals surface area (Å²) in [6, 6.07) is 5.62. The van der Waals surface area contributed by atoms with Crippen LogP contribution in [0.5, 0.6) is 5.75 Å². The molecule has 1 aromatic rings. The van der Waals surface area contributed by atoms with E-state index in [2.05, 4.69) is 5.32 Å². The van der Waals surface area contributed by atoms with E-state index in [1.807, 2.05) is 18.2 Å². The Kier molecular flexibility index (Phi) is 1.94. The van der Waals surface area contributed by atoms with Crippen LogP contribution < -0.4 is 10.1 Å². The number of hydrogen-bond acceptors (Lipinski definition) is 3. The summed E-state index contributed by atoms with van der Waals surface area (Å²) in [5.74, 6) is 0.581. The predicted octanol–water partition coefficient (Wildman–Crippen LogP) is 1.08. The normalized spacial score (nSPS) is 20.7. The number of carbonyl (C=O) groups excluding carboxylic acids is 1. The number of para-hydroxylation sites is 1. The van der Waals surface area contributed by atoms with Gasteiger partial charge in [0.15, 0.2) is 6.61 Å². The summed E-state index contributed by atoms with van der Waals surface area (Å²) < 4.78 is 5.42. The van der Waals surface area contributed by atoms with Gasteiger partial charge in [-0.15, -0.1) is 0 Å². The third kappa shape index (κ3) is 1.65. The Morgan fingerprint density at radius 1 is 1.44 bits per heavy atom. The minimum atomic E-state index is -0.542. The zero-order valence-electron chi connectivity index (χ0n) is 8.82. The van der Waals surface area contributed by atoms with Gasteiger partial charge in [-0.25, -0.2) is 0 Å². The van der Waals surface area contributed by atoms with Gasteiger partial charge in [0.2, 0.25) is 0 Å². The van der Waals surface area contributed by atoms with Crippen molar-refractivity contribution in [2.75, 3.05) is 11.9 Å². The van der Waals surface area contributed by atoms with Crippen molar-refractivity contribution in [1.82, 2.24) is 0 Å². The van der Waals surface area contributed by atoms with Crippen LogP contribution >= 0.6 is 0 Å². The number of fused-ring (bicyclic) bond motifs is 1. The van der Waals surface area contributed by atoms with E-state index >= 15 is 0 Å². The van der Waals surface area contributed by atoms with Crippen molar-refractivity contribution in [3.05, 3.63) is 23.8 Å². The van der Waals surface area contributed by atoms with E-state index < -0.39 is 5.60 Å². The van der Waals surface area contributed by atoms with E-state index in [1.165, 1.54) is 0 Å². The van der Waals surface area contributed by atoms with Crippen LogP contribution in [0.3, 0.4) is 0 Å². The average molecular weight is 219 g/mol. The number of hydrogen-bond donors (Lipinski definition) is 2. The van der Waals surface area contributed by atoms with Gasteiger partial charge in [0, 0.05) is 6.42 Å². The molecule has 1 amide bonds. The molecule has 0 bridgehead atoms. The second kappa shape index (κ2) is 3.22. The van der Waals surface area contributed by atoms with Gasteiger partial charge in [-0.3, -0.25) is 4.79 Å². The van der Waals surface area contributed by atoms with Gasteiger partial charge in [-0.2, -0.15) is 0 Å². The SMILES string of the molecule is O=C1COc2c(CC3(O)CC3)cccc2N1. The fourth-order valence-corrected chi connectivity index (χ4v) is 1.99. The van der Waals surface area contributed by atoms with Gasteiger partial charge < -0.3 is 15.2 Å². The second-order valence-corrected chi connectivity index (χ2v) is 4.53.